The fourth-order valence-electron chi connectivity index (χ4n) is 1.84. The SMILES string of the molecule is Cc1noc(C)c1COc1ccc(CCN)cc1Br. The molecule has 0 aliphatic rings. The van der Waals surface area contributed by atoms with Gasteiger partial charge in [-0.05, 0) is 60.4 Å². The zero-order chi connectivity index (χ0) is 13.8. The van der Waals surface area contributed by atoms with E-state index in [1.54, 1.807) is 0 Å². The molecule has 1 aromatic heterocycles. The quantitative estimate of drug-likeness (QED) is 0.917. The summed E-state index contributed by atoms with van der Waals surface area (Å²) in [5.74, 6) is 1.61. The van der Waals surface area contributed by atoms with Crippen LogP contribution in [-0.2, 0) is 13.0 Å². The Balaban J connectivity index is 2.08. The lowest BCUT2D eigenvalue weighted by molar-refractivity contribution is 0.300. The van der Waals surface area contributed by atoms with E-state index in [4.69, 9.17) is 15.0 Å². The number of hydrogen-bond acceptors (Lipinski definition) is 4. The molecular weight excluding hydrogens is 308 g/mol. The number of rotatable bonds is 5. The molecule has 19 heavy (non-hydrogen) atoms. The van der Waals surface area contributed by atoms with Gasteiger partial charge in [0, 0.05) is 0 Å². The third-order valence-electron chi connectivity index (χ3n) is 2.98. The van der Waals surface area contributed by atoms with Gasteiger partial charge in [-0.3, -0.25) is 0 Å². The minimum atomic E-state index is 0.454. The summed E-state index contributed by atoms with van der Waals surface area (Å²) in [4.78, 5) is 0. The second-order valence-electron chi connectivity index (χ2n) is 4.39. The van der Waals surface area contributed by atoms with E-state index in [1.807, 2.05) is 32.0 Å². The zero-order valence-electron chi connectivity index (χ0n) is 11.1. The van der Waals surface area contributed by atoms with E-state index < -0.39 is 0 Å². The van der Waals surface area contributed by atoms with Crippen molar-refractivity contribution >= 4 is 15.9 Å². The highest BCUT2D eigenvalue weighted by Crippen LogP contribution is 2.27. The molecule has 0 radical (unpaired) electrons. The molecule has 0 saturated heterocycles. The number of nitrogens with two attached hydrogens (primary N) is 1. The molecule has 2 aromatic rings. The van der Waals surface area contributed by atoms with Gasteiger partial charge in [-0.1, -0.05) is 11.2 Å². The van der Waals surface area contributed by atoms with Crippen molar-refractivity contribution in [3.63, 3.8) is 0 Å². The van der Waals surface area contributed by atoms with Crippen molar-refractivity contribution in [3.8, 4) is 5.75 Å². The van der Waals surface area contributed by atoms with Crippen molar-refractivity contribution in [2.75, 3.05) is 6.54 Å². The summed E-state index contributed by atoms with van der Waals surface area (Å²) in [6, 6.07) is 6.02. The topological polar surface area (TPSA) is 61.3 Å². The molecule has 5 heteroatoms. The molecule has 2 rings (SSSR count). The zero-order valence-corrected chi connectivity index (χ0v) is 12.7. The van der Waals surface area contributed by atoms with Crippen LogP contribution in [0.3, 0.4) is 0 Å². The Hall–Kier alpha value is -1.33. The highest BCUT2D eigenvalue weighted by atomic mass is 79.9. The first kappa shape index (κ1) is 14.1. The molecule has 0 amide bonds. The Morgan fingerprint density at radius 2 is 2.16 bits per heavy atom. The monoisotopic (exact) mass is 324 g/mol. The van der Waals surface area contributed by atoms with Crippen LogP contribution in [0.4, 0.5) is 0 Å². The summed E-state index contributed by atoms with van der Waals surface area (Å²) in [5.41, 5.74) is 8.60. The van der Waals surface area contributed by atoms with Crippen molar-refractivity contribution in [1.29, 1.82) is 0 Å². The summed E-state index contributed by atoms with van der Waals surface area (Å²) in [5, 5.41) is 3.91. The molecule has 102 valence electrons. The van der Waals surface area contributed by atoms with Gasteiger partial charge in [0.05, 0.1) is 15.7 Å². The van der Waals surface area contributed by atoms with Crippen molar-refractivity contribution < 1.29 is 9.26 Å². The summed E-state index contributed by atoms with van der Waals surface area (Å²) < 4.78 is 11.8. The molecule has 1 aromatic carbocycles. The van der Waals surface area contributed by atoms with Gasteiger partial charge in [0.25, 0.3) is 0 Å². The standard InChI is InChI=1S/C14H17BrN2O2/c1-9-12(10(2)19-17-9)8-18-14-4-3-11(5-6-16)7-13(14)15/h3-4,7H,5-6,8,16H2,1-2H3. The van der Waals surface area contributed by atoms with Crippen molar-refractivity contribution in [1.82, 2.24) is 5.16 Å². The van der Waals surface area contributed by atoms with Gasteiger partial charge in [-0.2, -0.15) is 0 Å². The van der Waals surface area contributed by atoms with Crippen LogP contribution in [0.25, 0.3) is 0 Å². The van der Waals surface area contributed by atoms with E-state index in [-0.39, 0.29) is 0 Å². The van der Waals surface area contributed by atoms with E-state index in [0.717, 1.165) is 33.7 Å². The molecular formula is C14H17BrN2O2. The minimum Gasteiger partial charge on any atom is -0.488 e. The van der Waals surface area contributed by atoms with Gasteiger partial charge >= 0.3 is 0 Å². The lowest BCUT2D eigenvalue weighted by Crippen LogP contribution is -2.03. The summed E-state index contributed by atoms with van der Waals surface area (Å²) in [6.07, 6.45) is 0.864. The second kappa shape index (κ2) is 6.21. The average molecular weight is 325 g/mol. The van der Waals surface area contributed by atoms with Crippen LogP contribution in [-0.4, -0.2) is 11.7 Å². The van der Waals surface area contributed by atoms with Gasteiger partial charge < -0.3 is 15.0 Å². The smallest absolute Gasteiger partial charge is 0.140 e. The number of nitrogens with zero attached hydrogens (tertiary/aromatic N) is 1. The van der Waals surface area contributed by atoms with Crippen LogP contribution in [0.2, 0.25) is 0 Å². The summed E-state index contributed by atoms with van der Waals surface area (Å²) in [6.45, 7) is 4.90. The van der Waals surface area contributed by atoms with Crippen LogP contribution in [0, 0.1) is 13.8 Å². The average Bonchev–Trinajstić information content (AvgIpc) is 2.69. The first-order chi connectivity index (χ1) is 9.11. The Bertz CT molecular complexity index is 547. The minimum absolute atomic E-state index is 0.454. The Morgan fingerprint density at radius 3 is 2.74 bits per heavy atom. The maximum atomic E-state index is 5.80. The van der Waals surface area contributed by atoms with E-state index in [2.05, 4.69) is 21.1 Å². The molecule has 0 atom stereocenters. The lowest BCUT2D eigenvalue weighted by atomic mass is 10.1. The fourth-order valence-corrected chi connectivity index (χ4v) is 2.38. The van der Waals surface area contributed by atoms with Crippen molar-refractivity contribution in [2.24, 2.45) is 5.73 Å². The Morgan fingerprint density at radius 1 is 1.37 bits per heavy atom. The van der Waals surface area contributed by atoms with E-state index >= 15 is 0 Å². The number of ether oxygens (including phenoxy) is 1. The van der Waals surface area contributed by atoms with Crippen LogP contribution < -0.4 is 10.5 Å². The predicted molar refractivity (Wildman–Crippen MR) is 77.2 cm³/mol. The van der Waals surface area contributed by atoms with Gasteiger partial charge in [-0.25, -0.2) is 0 Å². The maximum absolute atomic E-state index is 5.80. The van der Waals surface area contributed by atoms with Crippen LogP contribution in [0.5, 0.6) is 5.75 Å². The Kier molecular flexibility index (Phi) is 4.61. The molecule has 0 fully saturated rings. The van der Waals surface area contributed by atoms with Gasteiger partial charge in [0.2, 0.25) is 0 Å². The second-order valence-corrected chi connectivity index (χ2v) is 5.25. The van der Waals surface area contributed by atoms with E-state index in [9.17, 15) is 0 Å². The van der Waals surface area contributed by atoms with Crippen molar-refractivity contribution in [3.05, 3.63) is 45.3 Å². The number of aryl methyl sites for hydroxylation is 2. The maximum Gasteiger partial charge on any atom is 0.140 e. The highest BCUT2D eigenvalue weighted by Gasteiger charge is 2.10. The van der Waals surface area contributed by atoms with Crippen LogP contribution in [0.15, 0.2) is 27.2 Å². The number of aromatic nitrogens is 1. The van der Waals surface area contributed by atoms with E-state index in [1.165, 1.54) is 5.56 Å². The third-order valence-corrected chi connectivity index (χ3v) is 3.60. The molecule has 0 bridgehead atoms. The van der Waals surface area contributed by atoms with Gasteiger partial charge in [-0.15, -0.1) is 0 Å². The number of halogens is 1. The molecule has 0 aliphatic carbocycles. The van der Waals surface area contributed by atoms with Gasteiger partial charge in [0.1, 0.15) is 18.1 Å². The molecule has 1 heterocycles. The predicted octanol–water partition coefficient (Wildman–Crippen LogP) is 3.13. The number of hydrogen-bond donors (Lipinski definition) is 1. The first-order valence-corrected chi connectivity index (χ1v) is 6.94. The van der Waals surface area contributed by atoms with Crippen molar-refractivity contribution in [2.45, 2.75) is 26.9 Å². The molecule has 0 unspecified atom stereocenters. The molecule has 4 nitrogen and oxygen atoms in total. The van der Waals surface area contributed by atoms with Gasteiger partial charge in [0.15, 0.2) is 0 Å². The number of benzene rings is 1. The Labute approximate surface area is 121 Å². The van der Waals surface area contributed by atoms with E-state index in [0.29, 0.717) is 13.2 Å². The van der Waals surface area contributed by atoms with Crippen LogP contribution in [0.1, 0.15) is 22.6 Å². The first-order valence-electron chi connectivity index (χ1n) is 6.15. The molecule has 0 aliphatic heterocycles. The lowest BCUT2D eigenvalue weighted by Gasteiger charge is -2.09. The molecule has 0 spiro atoms. The highest BCUT2D eigenvalue weighted by molar-refractivity contribution is 9.10. The fraction of sp³-hybridized carbons (Fsp3) is 0.357. The third kappa shape index (κ3) is 3.36. The normalized spacial score (nSPS) is 10.7. The van der Waals surface area contributed by atoms with Crippen LogP contribution >= 0.6 is 15.9 Å². The largest absolute Gasteiger partial charge is 0.488 e. The molecule has 0 saturated carbocycles. The molecule has 2 N–H and O–H groups in total. The summed E-state index contributed by atoms with van der Waals surface area (Å²) in [7, 11) is 0. The summed E-state index contributed by atoms with van der Waals surface area (Å²) >= 11 is 3.51.